The second-order valence-electron chi connectivity index (χ2n) is 2.83. The van der Waals surface area contributed by atoms with Crippen molar-refractivity contribution in [2.45, 2.75) is 0 Å². The minimum atomic E-state index is -1.50. The Morgan fingerprint density at radius 3 is 2.47 bits per heavy atom. The van der Waals surface area contributed by atoms with E-state index in [-0.39, 0.29) is 10.5 Å². The van der Waals surface area contributed by atoms with Crippen molar-refractivity contribution < 1.29 is 13.2 Å². The van der Waals surface area contributed by atoms with Gasteiger partial charge in [0.25, 0.3) is 0 Å². The highest BCUT2D eigenvalue weighted by molar-refractivity contribution is 7.71. The molecule has 2 nitrogen and oxygen atoms in total. The van der Waals surface area contributed by atoms with Gasteiger partial charge in [0.2, 0.25) is 0 Å². The van der Waals surface area contributed by atoms with E-state index in [0.717, 1.165) is 12.1 Å². The standard InChI is InChI=1S/C9H5F3N2S/c10-5-1-2-6(8(12)7(5)11)14-4-3-13-9(14)15/h1-4H,(H,13,15). The van der Waals surface area contributed by atoms with Crippen molar-refractivity contribution in [2.75, 3.05) is 0 Å². The smallest absolute Gasteiger partial charge is 0.196 e. The summed E-state index contributed by atoms with van der Waals surface area (Å²) in [4.78, 5) is 2.62. The summed E-state index contributed by atoms with van der Waals surface area (Å²) in [6, 6.07) is 1.97. The van der Waals surface area contributed by atoms with Crippen molar-refractivity contribution in [2.24, 2.45) is 0 Å². The van der Waals surface area contributed by atoms with Crippen LogP contribution in [0.3, 0.4) is 0 Å². The molecule has 0 atom stereocenters. The molecular formula is C9H5F3N2S. The number of nitrogens with zero attached hydrogens (tertiary/aromatic N) is 1. The molecule has 2 aromatic rings. The Balaban J connectivity index is 2.70. The van der Waals surface area contributed by atoms with E-state index in [4.69, 9.17) is 12.2 Å². The summed E-state index contributed by atoms with van der Waals surface area (Å²) >= 11 is 4.83. The highest BCUT2D eigenvalue weighted by Gasteiger charge is 2.14. The maximum atomic E-state index is 13.3. The van der Waals surface area contributed by atoms with E-state index in [1.165, 1.54) is 17.0 Å². The first-order chi connectivity index (χ1) is 7.11. The van der Waals surface area contributed by atoms with Crippen molar-refractivity contribution in [1.82, 2.24) is 9.55 Å². The SMILES string of the molecule is Fc1ccc(-n2cc[nH]c2=S)c(F)c1F. The molecule has 0 unspecified atom stereocenters. The van der Waals surface area contributed by atoms with Crippen LogP contribution in [0.2, 0.25) is 0 Å². The lowest BCUT2D eigenvalue weighted by molar-refractivity contribution is 0.444. The van der Waals surface area contributed by atoms with E-state index >= 15 is 0 Å². The molecule has 0 aliphatic carbocycles. The van der Waals surface area contributed by atoms with E-state index in [1.807, 2.05) is 0 Å². The molecule has 0 saturated carbocycles. The maximum Gasteiger partial charge on any atom is 0.196 e. The molecule has 1 heterocycles. The molecule has 0 aliphatic rings. The third kappa shape index (κ3) is 1.56. The van der Waals surface area contributed by atoms with Crippen molar-refractivity contribution in [3.63, 3.8) is 0 Å². The zero-order valence-electron chi connectivity index (χ0n) is 7.30. The van der Waals surface area contributed by atoms with Crippen LogP contribution in [0, 0.1) is 22.2 Å². The zero-order valence-corrected chi connectivity index (χ0v) is 8.12. The number of nitrogens with one attached hydrogen (secondary N) is 1. The van der Waals surface area contributed by atoms with Crippen molar-refractivity contribution in [1.29, 1.82) is 0 Å². The van der Waals surface area contributed by atoms with Gasteiger partial charge in [-0.05, 0) is 24.4 Å². The second kappa shape index (κ2) is 3.54. The minimum absolute atomic E-state index is 0.125. The summed E-state index contributed by atoms with van der Waals surface area (Å²) in [7, 11) is 0. The molecule has 1 N–H and O–H groups in total. The van der Waals surface area contributed by atoms with Gasteiger partial charge < -0.3 is 4.98 Å². The van der Waals surface area contributed by atoms with Crippen LogP contribution in [0.25, 0.3) is 5.69 Å². The largest absolute Gasteiger partial charge is 0.337 e. The van der Waals surface area contributed by atoms with Crippen LogP contribution in [-0.2, 0) is 0 Å². The van der Waals surface area contributed by atoms with Gasteiger partial charge in [-0.3, -0.25) is 4.57 Å². The predicted octanol–water partition coefficient (Wildman–Crippen LogP) is 2.95. The van der Waals surface area contributed by atoms with Crippen LogP contribution in [0.15, 0.2) is 24.5 Å². The van der Waals surface area contributed by atoms with Gasteiger partial charge in [0.05, 0.1) is 5.69 Å². The number of benzene rings is 1. The summed E-state index contributed by atoms with van der Waals surface area (Å²) in [6.45, 7) is 0. The Morgan fingerprint density at radius 1 is 1.13 bits per heavy atom. The van der Waals surface area contributed by atoms with E-state index < -0.39 is 17.5 Å². The Morgan fingerprint density at radius 2 is 1.87 bits per heavy atom. The van der Waals surface area contributed by atoms with E-state index in [2.05, 4.69) is 4.98 Å². The predicted molar refractivity (Wildman–Crippen MR) is 50.8 cm³/mol. The average Bonchev–Trinajstić information content (AvgIpc) is 2.62. The number of hydrogen-bond donors (Lipinski definition) is 1. The van der Waals surface area contributed by atoms with Crippen LogP contribution < -0.4 is 0 Å². The molecule has 15 heavy (non-hydrogen) atoms. The Labute approximate surface area is 88.0 Å². The first-order valence-electron chi connectivity index (χ1n) is 4.01. The Kier molecular flexibility index (Phi) is 2.36. The van der Waals surface area contributed by atoms with Gasteiger partial charge >= 0.3 is 0 Å². The van der Waals surface area contributed by atoms with E-state index in [9.17, 15) is 13.2 Å². The van der Waals surface area contributed by atoms with Gasteiger partial charge in [-0.2, -0.15) is 0 Å². The monoisotopic (exact) mass is 230 g/mol. The molecule has 0 aliphatic heterocycles. The fourth-order valence-corrected chi connectivity index (χ4v) is 1.44. The third-order valence-electron chi connectivity index (χ3n) is 1.92. The summed E-state index contributed by atoms with van der Waals surface area (Å²) in [5.74, 6) is -3.99. The van der Waals surface area contributed by atoms with Gasteiger partial charge in [-0.25, -0.2) is 13.2 Å². The van der Waals surface area contributed by atoms with Gasteiger partial charge in [-0.1, -0.05) is 0 Å². The first-order valence-corrected chi connectivity index (χ1v) is 4.42. The highest BCUT2D eigenvalue weighted by Crippen LogP contribution is 2.18. The molecule has 0 bridgehead atoms. The topological polar surface area (TPSA) is 20.7 Å². The van der Waals surface area contributed by atoms with Gasteiger partial charge in [0.15, 0.2) is 22.2 Å². The number of H-pyrrole nitrogens is 1. The normalized spacial score (nSPS) is 10.6. The fourth-order valence-electron chi connectivity index (χ4n) is 1.21. The summed E-state index contributed by atoms with van der Waals surface area (Å²) in [5.41, 5.74) is -0.125. The van der Waals surface area contributed by atoms with Gasteiger partial charge in [0, 0.05) is 12.4 Å². The number of rotatable bonds is 1. The summed E-state index contributed by atoms with van der Waals surface area (Å²) in [6.07, 6.45) is 2.90. The molecule has 2 rings (SSSR count). The van der Waals surface area contributed by atoms with E-state index in [1.54, 1.807) is 0 Å². The Hall–Kier alpha value is -1.56. The minimum Gasteiger partial charge on any atom is -0.337 e. The van der Waals surface area contributed by atoms with Crippen molar-refractivity contribution >= 4 is 12.2 Å². The number of aromatic nitrogens is 2. The number of hydrogen-bond acceptors (Lipinski definition) is 1. The molecule has 78 valence electrons. The van der Waals surface area contributed by atoms with E-state index in [0.29, 0.717) is 0 Å². The lowest BCUT2D eigenvalue weighted by Gasteiger charge is -2.04. The van der Waals surface area contributed by atoms with Gasteiger partial charge in [0.1, 0.15) is 0 Å². The van der Waals surface area contributed by atoms with Crippen LogP contribution in [0.1, 0.15) is 0 Å². The number of aromatic amines is 1. The molecule has 6 heteroatoms. The zero-order chi connectivity index (χ0) is 11.0. The van der Waals surface area contributed by atoms with Crippen LogP contribution in [0.5, 0.6) is 0 Å². The van der Waals surface area contributed by atoms with Gasteiger partial charge in [-0.15, -0.1) is 0 Å². The molecule has 0 spiro atoms. The fraction of sp³-hybridized carbons (Fsp3) is 0. The number of halogens is 3. The summed E-state index contributed by atoms with van der Waals surface area (Å²) < 4.78 is 40.3. The first kappa shape index (κ1) is 9.97. The van der Waals surface area contributed by atoms with Crippen LogP contribution >= 0.6 is 12.2 Å². The molecule has 0 fully saturated rings. The number of imidazole rings is 1. The highest BCUT2D eigenvalue weighted by atomic mass is 32.1. The van der Waals surface area contributed by atoms with Crippen LogP contribution in [-0.4, -0.2) is 9.55 Å². The lowest BCUT2D eigenvalue weighted by atomic mass is 10.3. The molecule has 1 aromatic carbocycles. The lowest BCUT2D eigenvalue weighted by Crippen LogP contribution is -2.01. The maximum absolute atomic E-state index is 13.3. The van der Waals surface area contributed by atoms with Crippen LogP contribution in [0.4, 0.5) is 13.2 Å². The Bertz CT molecular complexity index is 559. The molecule has 0 amide bonds. The molecule has 0 radical (unpaired) electrons. The molecular weight excluding hydrogens is 225 g/mol. The average molecular weight is 230 g/mol. The molecule has 0 saturated heterocycles. The second-order valence-corrected chi connectivity index (χ2v) is 3.22. The third-order valence-corrected chi connectivity index (χ3v) is 2.24. The summed E-state index contributed by atoms with van der Waals surface area (Å²) in [5, 5.41) is 0. The molecule has 1 aromatic heterocycles. The quantitative estimate of drug-likeness (QED) is 0.590. The van der Waals surface area contributed by atoms with Crippen molar-refractivity contribution in [3.05, 3.63) is 46.7 Å². The van der Waals surface area contributed by atoms with Crippen molar-refractivity contribution in [3.8, 4) is 5.69 Å².